The van der Waals surface area contributed by atoms with Gasteiger partial charge in [-0.25, -0.2) is 4.98 Å². The van der Waals surface area contributed by atoms with Gasteiger partial charge in [0, 0.05) is 6.54 Å². The SMILES string of the molecule is CCNCc1cnc(OC2CCCC(CC)C2)cn1. The monoisotopic (exact) mass is 263 g/mol. The summed E-state index contributed by atoms with van der Waals surface area (Å²) in [7, 11) is 0. The molecule has 1 fully saturated rings. The first kappa shape index (κ1) is 14.3. The smallest absolute Gasteiger partial charge is 0.232 e. The van der Waals surface area contributed by atoms with Crippen LogP contribution in [0.3, 0.4) is 0 Å². The molecule has 4 nitrogen and oxygen atoms in total. The second-order valence-electron chi connectivity index (χ2n) is 5.31. The van der Waals surface area contributed by atoms with E-state index in [-0.39, 0.29) is 0 Å². The summed E-state index contributed by atoms with van der Waals surface area (Å²) >= 11 is 0. The standard InChI is InChI=1S/C15H25N3O/c1-3-12-6-5-7-14(8-12)19-15-11-17-13(10-18-15)9-16-4-2/h10-12,14,16H,3-9H2,1-2H3. The van der Waals surface area contributed by atoms with Crippen LogP contribution in [0.5, 0.6) is 5.88 Å². The normalized spacial score (nSPS) is 23.3. The molecule has 19 heavy (non-hydrogen) atoms. The number of nitrogens with zero attached hydrogens (tertiary/aromatic N) is 2. The summed E-state index contributed by atoms with van der Waals surface area (Å²) in [4.78, 5) is 8.72. The fourth-order valence-electron chi connectivity index (χ4n) is 2.64. The lowest BCUT2D eigenvalue weighted by atomic mass is 9.85. The first-order valence-corrected chi connectivity index (χ1v) is 7.50. The molecule has 0 radical (unpaired) electrons. The highest BCUT2D eigenvalue weighted by Gasteiger charge is 2.22. The van der Waals surface area contributed by atoms with E-state index in [1.54, 1.807) is 12.4 Å². The molecule has 0 aromatic carbocycles. The highest BCUT2D eigenvalue weighted by Crippen LogP contribution is 2.28. The Kier molecular flexibility index (Phi) is 5.58. The molecule has 1 aliphatic rings. The Balaban J connectivity index is 1.85. The van der Waals surface area contributed by atoms with E-state index in [9.17, 15) is 0 Å². The Hall–Kier alpha value is -1.16. The number of hydrogen-bond donors (Lipinski definition) is 1. The van der Waals surface area contributed by atoms with Gasteiger partial charge in [0.25, 0.3) is 0 Å². The number of nitrogens with one attached hydrogen (secondary N) is 1. The van der Waals surface area contributed by atoms with Crippen LogP contribution in [-0.2, 0) is 6.54 Å². The van der Waals surface area contributed by atoms with Gasteiger partial charge >= 0.3 is 0 Å². The average molecular weight is 263 g/mol. The van der Waals surface area contributed by atoms with Crippen molar-refractivity contribution < 1.29 is 4.74 Å². The van der Waals surface area contributed by atoms with Gasteiger partial charge < -0.3 is 10.1 Å². The summed E-state index contributed by atoms with van der Waals surface area (Å²) < 4.78 is 5.95. The molecule has 106 valence electrons. The van der Waals surface area contributed by atoms with Crippen molar-refractivity contribution in [2.24, 2.45) is 5.92 Å². The molecule has 1 aromatic rings. The maximum atomic E-state index is 5.95. The van der Waals surface area contributed by atoms with Gasteiger partial charge in [-0.1, -0.05) is 26.7 Å². The predicted molar refractivity (Wildman–Crippen MR) is 76.1 cm³/mol. The topological polar surface area (TPSA) is 47.0 Å². The summed E-state index contributed by atoms with van der Waals surface area (Å²) in [6.07, 6.45) is 10.1. The summed E-state index contributed by atoms with van der Waals surface area (Å²) in [6.45, 7) is 6.06. The summed E-state index contributed by atoms with van der Waals surface area (Å²) in [5.74, 6) is 1.49. The van der Waals surface area contributed by atoms with Crippen LogP contribution >= 0.6 is 0 Å². The highest BCUT2D eigenvalue weighted by molar-refractivity contribution is 5.07. The van der Waals surface area contributed by atoms with E-state index in [0.717, 1.165) is 37.5 Å². The molecular formula is C15H25N3O. The van der Waals surface area contributed by atoms with Gasteiger partial charge in [-0.2, -0.15) is 0 Å². The largest absolute Gasteiger partial charge is 0.473 e. The van der Waals surface area contributed by atoms with Crippen molar-refractivity contribution in [3.63, 3.8) is 0 Å². The third-order valence-corrected chi connectivity index (χ3v) is 3.84. The Morgan fingerprint density at radius 3 is 2.84 bits per heavy atom. The third kappa shape index (κ3) is 4.46. The molecule has 0 amide bonds. The Bertz CT molecular complexity index is 366. The van der Waals surface area contributed by atoms with Crippen molar-refractivity contribution in [1.82, 2.24) is 15.3 Å². The van der Waals surface area contributed by atoms with Crippen molar-refractivity contribution in [3.8, 4) is 5.88 Å². The van der Waals surface area contributed by atoms with Crippen LogP contribution in [0.25, 0.3) is 0 Å². The van der Waals surface area contributed by atoms with Gasteiger partial charge in [0.2, 0.25) is 5.88 Å². The van der Waals surface area contributed by atoms with E-state index in [1.165, 1.54) is 19.3 Å². The molecule has 1 aliphatic carbocycles. The van der Waals surface area contributed by atoms with Crippen LogP contribution in [0.15, 0.2) is 12.4 Å². The molecular weight excluding hydrogens is 238 g/mol. The first-order chi connectivity index (χ1) is 9.31. The molecule has 1 aromatic heterocycles. The van der Waals surface area contributed by atoms with Crippen LogP contribution in [-0.4, -0.2) is 22.6 Å². The predicted octanol–water partition coefficient (Wildman–Crippen LogP) is 2.93. The third-order valence-electron chi connectivity index (χ3n) is 3.84. The minimum Gasteiger partial charge on any atom is -0.473 e. The van der Waals surface area contributed by atoms with E-state index < -0.39 is 0 Å². The Labute approximate surface area is 116 Å². The van der Waals surface area contributed by atoms with Gasteiger partial charge in [0.15, 0.2) is 0 Å². The lowest BCUT2D eigenvalue weighted by molar-refractivity contribution is 0.116. The Morgan fingerprint density at radius 2 is 2.16 bits per heavy atom. The van der Waals surface area contributed by atoms with Gasteiger partial charge in [-0.3, -0.25) is 4.98 Å². The zero-order chi connectivity index (χ0) is 13.5. The molecule has 0 spiro atoms. The Morgan fingerprint density at radius 1 is 1.26 bits per heavy atom. The molecule has 2 rings (SSSR count). The minimum absolute atomic E-state index is 0.326. The molecule has 1 N–H and O–H groups in total. The number of ether oxygens (including phenoxy) is 1. The second-order valence-corrected chi connectivity index (χ2v) is 5.31. The van der Waals surface area contributed by atoms with Crippen LogP contribution < -0.4 is 10.1 Å². The maximum Gasteiger partial charge on any atom is 0.232 e. The van der Waals surface area contributed by atoms with Gasteiger partial charge in [0.1, 0.15) is 6.10 Å². The molecule has 2 unspecified atom stereocenters. The number of rotatable bonds is 6. The van der Waals surface area contributed by atoms with E-state index in [0.29, 0.717) is 12.0 Å². The van der Waals surface area contributed by atoms with Gasteiger partial charge in [-0.15, -0.1) is 0 Å². The second kappa shape index (κ2) is 7.43. The van der Waals surface area contributed by atoms with E-state index in [2.05, 4.69) is 29.1 Å². The van der Waals surface area contributed by atoms with E-state index in [4.69, 9.17) is 4.74 Å². The van der Waals surface area contributed by atoms with Crippen molar-refractivity contribution >= 4 is 0 Å². The zero-order valence-electron chi connectivity index (χ0n) is 12.1. The van der Waals surface area contributed by atoms with Crippen LogP contribution in [0.2, 0.25) is 0 Å². The van der Waals surface area contributed by atoms with Crippen LogP contribution in [0.1, 0.15) is 51.6 Å². The van der Waals surface area contributed by atoms with E-state index >= 15 is 0 Å². The quantitative estimate of drug-likeness (QED) is 0.857. The summed E-state index contributed by atoms with van der Waals surface area (Å²) in [5.41, 5.74) is 0.962. The lowest BCUT2D eigenvalue weighted by Gasteiger charge is -2.28. The fourth-order valence-corrected chi connectivity index (χ4v) is 2.64. The van der Waals surface area contributed by atoms with Crippen molar-refractivity contribution in [3.05, 3.63) is 18.1 Å². The lowest BCUT2D eigenvalue weighted by Crippen LogP contribution is -2.25. The molecule has 4 heteroatoms. The molecule has 0 bridgehead atoms. The minimum atomic E-state index is 0.326. The van der Waals surface area contributed by atoms with Crippen molar-refractivity contribution in [2.45, 2.75) is 58.6 Å². The molecule has 2 atom stereocenters. The highest BCUT2D eigenvalue weighted by atomic mass is 16.5. The van der Waals surface area contributed by atoms with Crippen LogP contribution in [0, 0.1) is 5.92 Å². The molecule has 1 saturated carbocycles. The van der Waals surface area contributed by atoms with Crippen LogP contribution in [0.4, 0.5) is 0 Å². The molecule has 0 saturated heterocycles. The van der Waals surface area contributed by atoms with Crippen molar-refractivity contribution in [2.75, 3.05) is 6.54 Å². The average Bonchev–Trinajstić information content (AvgIpc) is 2.47. The maximum absolute atomic E-state index is 5.95. The number of aromatic nitrogens is 2. The van der Waals surface area contributed by atoms with Gasteiger partial charge in [0.05, 0.1) is 18.1 Å². The zero-order valence-corrected chi connectivity index (χ0v) is 12.1. The number of hydrogen-bond acceptors (Lipinski definition) is 4. The van der Waals surface area contributed by atoms with Crippen molar-refractivity contribution in [1.29, 1.82) is 0 Å². The fraction of sp³-hybridized carbons (Fsp3) is 0.733. The summed E-state index contributed by atoms with van der Waals surface area (Å²) in [6, 6.07) is 0. The first-order valence-electron chi connectivity index (χ1n) is 7.50. The molecule has 0 aliphatic heterocycles. The summed E-state index contributed by atoms with van der Waals surface area (Å²) in [5, 5.41) is 3.24. The van der Waals surface area contributed by atoms with E-state index in [1.807, 2.05) is 0 Å². The molecule has 1 heterocycles. The van der Waals surface area contributed by atoms with Gasteiger partial charge in [-0.05, 0) is 31.7 Å².